The maximum absolute atomic E-state index is 11.3. The highest BCUT2D eigenvalue weighted by atomic mass is 35.5. The molecule has 0 aliphatic carbocycles. The van der Waals surface area contributed by atoms with Crippen LogP contribution in [0, 0.1) is 5.92 Å². The van der Waals surface area contributed by atoms with Crippen LogP contribution in [-0.4, -0.2) is 40.9 Å². The third-order valence-corrected chi connectivity index (χ3v) is 4.72. The topological polar surface area (TPSA) is 67.4 Å². The van der Waals surface area contributed by atoms with Gasteiger partial charge >= 0.3 is 0 Å². The molecule has 1 aromatic rings. The van der Waals surface area contributed by atoms with Crippen LogP contribution in [0.25, 0.3) is 0 Å². The molecule has 21 heavy (non-hydrogen) atoms. The minimum Gasteiger partial charge on any atom is -0.372 e. The van der Waals surface area contributed by atoms with Crippen LogP contribution in [0.5, 0.6) is 0 Å². The first-order valence-electron chi connectivity index (χ1n) is 6.59. The Morgan fingerprint density at radius 2 is 2.14 bits per heavy atom. The van der Waals surface area contributed by atoms with E-state index in [1.54, 1.807) is 12.1 Å². The molecular formula is C13H18Cl2N2O3S. The molecule has 0 unspecified atom stereocenters. The molecule has 118 valence electrons. The molecule has 0 aromatic heterocycles. The van der Waals surface area contributed by atoms with Crippen molar-refractivity contribution < 1.29 is 13.2 Å². The highest BCUT2D eigenvalue weighted by molar-refractivity contribution is 7.88. The fourth-order valence-electron chi connectivity index (χ4n) is 2.28. The molecule has 1 aromatic carbocycles. The highest BCUT2D eigenvalue weighted by Gasteiger charge is 2.27. The lowest BCUT2D eigenvalue weighted by atomic mass is 9.95. The van der Waals surface area contributed by atoms with Crippen molar-refractivity contribution in [2.24, 2.45) is 5.92 Å². The summed E-state index contributed by atoms with van der Waals surface area (Å²) in [4.78, 5) is 0. The number of hydrogen-bond acceptors (Lipinski definition) is 4. The molecule has 2 rings (SSSR count). The summed E-state index contributed by atoms with van der Waals surface area (Å²) in [5.74, 6) is -0.0283. The molecule has 5 nitrogen and oxygen atoms in total. The minimum absolute atomic E-state index is 0.0283. The third kappa shape index (κ3) is 5.09. The maximum Gasteiger partial charge on any atom is 0.208 e. The van der Waals surface area contributed by atoms with Crippen molar-refractivity contribution in [1.29, 1.82) is 0 Å². The molecule has 1 saturated heterocycles. The van der Waals surface area contributed by atoms with Gasteiger partial charge in [-0.2, -0.15) is 0 Å². The van der Waals surface area contributed by atoms with Gasteiger partial charge in [0.2, 0.25) is 10.0 Å². The second kappa shape index (κ2) is 7.26. The van der Waals surface area contributed by atoms with E-state index in [0.29, 0.717) is 29.7 Å². The van der Waals surface area contributed by atoms with Crippen LogP contribution >= 0.6 is 23.2 Å². The lowest BCUT2D eigenvalue weighted by molar-refractivity contribution is 0.0322. The first kappa shape index (κ1) is 17.0. The Kier molecular flexibility index (Phi) is 5.88. The van der Waals surface area contributed by atoms with Crippen LogP contribution < -0.4 is 10.0 Å². The van der Waals surface area contributed by atoms with Gasteiger partial charge in [0.15, 0.2) is 0 Å². The van der Waals surface area contributed by atoms with E-state index in [2.05, 4.69) is 10.0 Å². The first-order chi connectivity index (χ1) is 9.87. The van der Waals surface area contributed by atoms with Gasteiger partial charge in [-0.3, -0.25) is 0 Å². The van der Waals surface area contributed by atoms with Crippen LogP contribution in [0.15, 0.2) is 18.2 Å². The zero-order valence-electron chi connectivity index (χ0n) is 11.6. The minimum atomic E-state index is -3.24. The van der Waals surface area contributed by atoms with E-state index in [1.165, 1.54) is 0 Å². The summed E-state index contributed by atoms with van der Waals surface area (Å²) in [6.07, 6.45) is 0.913. The molecule has 1 aliphatic heterocycles. The van der Waals surface area contributed by atoms with E-state index in [9.17, 15) is 8.42 Å². The Morgan fingerprint density at radius 3 is 2.81 bits per heavy atom. The Morgan fingerprint density at radius 1 is 1.38 bits per heavy atom. The van der Waals surface area contributed by atoms with Gasteiger partial charge in [-0.05, 0) is 17.7 Å². The Labute approximate surface area is 135 Å². The molecule has 0 saturated carbocycles. The molecule has 0 radical (unpaired) electrons. The second-order valence-electron chi connectivity index (χ2n) is 5.05. The average molecular weight is 353 g/mol. The summed E-state index contributed by atoms with van der Waals surface area (Å²) in [5.41, 5.74) is 0.897. The maximum atomic E-state index is 11.3. The third-order valence-electron chi connectivity index (χ3n) is 3.29. The van der Waals surface area contributed by atoms with Gasteiger partial charge < -0.3 is 10.1 Å². The van der Waals surface area contributed by atoms with Crippen molar-refractivity contribution >= 4 is 33.2 Å². The van der Waals surface area contributed by atoms with Crippen LogP contribution in [0.4, 0.5) is 0 Å². The van der Waals surface area contributed by atoms with Crippen molar-refractivity contribution in [3.8, 4) is 0 Å². The largest absolute Gasteiger partial charge is 0.372 e. The molecule has 1 fully saturated rings. The van der Waals surface area contributed by atoms with Crippen LogP contribution in [0.2, 0.25) is 10.0 Å². The van der Waals surface area contributed by atoms with Gasteiger partial charge in [-0.15, -0.1) is 0 Å². The van der Waals surface area contributed by atoms with E-state index < -0.39 is 10.0 Å². The van der Waals surface area contributed by atoms with Crippen LogP contribution in [0.3, 0.4) is 0 Å². The molecule has 2 N–H and O–H groups in total. The summed E-state index contributed by atoms with van der Waals surface area (Å²) in [7, 11) is -3.24. The summed E-state index contributed by atoms with van der Waals surface area (Å²) in [6.45, 7) is 2.25. The second-order valence-corrected chi connectivity index (χ2v) is 7.70. The fourth-order valence-corrected chi connectivity index (χ4v) is 3.11. The average Bonchev–Trinajstić information content (AvgIpc) is 2.64. The van der Waals surface area contributed by atoms with E-state index in [1.807, 2.05) is 6.07 Å². The van der Waals surface area contributed by atoms with E-state index >= 15 is 0 Å². The highest BCUT2D eigenvalue weighted by Crippen LogP contribution is 2.31. The van der Waals surface area contributed by atoms with Gasteiger partial charge in [0, 0.05) is 25.6 Å². The summed E-state index contributed by atoms with van der Waals surface area (Å²) < 4.78 is 31.0. The van der Waals surface area contributed by atoms with Crippen molar-refractivity contribution in [2.75, 3.05) is 32.5 Å². The molecule has 1 aliphatic rings. The monoisotopic (exact) mass is 352 g/mol. The van der Waals surface area contributed by atoms with Crippen LogP contribution in [0.1, 0.15) is 11.7 Å². The van der Waals surface area contributed by atoms with Crippen molar-refractivity contribution in [1.82, 2.24) is 10.0 Å². The van der Waals surface area contributed by atoms with E-state index in [-0.39, 0.29) is 12.0 Å². The molecule has 0 bridgehead atoms. The number of halogens is 2. The number of hydrogen-bond donors (Lipinski definition) is 2. The van der Waals surface area contributed by atoms with E-state index in [4.69, 9.17) is 27.9 Å². The lowest BCUT2D eigenvalue weighted by Gasteiger charge is -2.25. The molecule has 1 heterocycles. The van der Waals surface area contributed by atoms with Gasteiger partial charge in [0.25, 0.3) is 0 Å². The number of nitrogens with one attached hydrogen (secondary N) is 2. The van der Waals surface area contributed by atoms with Gasteiger partial charge in [0.1, 0.15) is 0 Å². The van der Waals surface area contributed by atoms with Gasteiger partial charge in [-0.1, -0.05) is 29.3 Å². The molecule has 0 spiro atoms. The SMILES string of the molecule is CS(=O)(=O)NC[C@H]1CNCCO[C@@H]1c1ccc(Cl)c(Cl)c1. The summed E-state index contributed by atoms with van der Waals surface area (Å²) in [6, 6.07) is 5.35. The number of sulfonamides is 1. The first-order valence-corrected chi connectivity index (χ1v) is 9.23. The Bertz CT molecular complexity index is 595. The lowest BCUT2D eigenvalue weighted by Crippen LogP contribution is -2.36. The quantitative estimate of drug-likeness (QED) is 0.867. The number of rotatable bonds is 4. The predicted molar refractivity (Wildman–Crippen MR) is 84.4 cm³/mol. The van der Waals surface area contributed by atoms with Crippen LogP contribution in [-0.2, 0) is 14.8 Å². The summed E-state index contributed by atoms with van der Waals surface area (Å²) in [5, 5.41) is 4.19. The van der Waals surface area contributed by atoms with Gasteiger partial charge in [0.05, 0.1) is 29.0 Å². The van der Waals surface area contributed by atoms with Crippen molar-refractivity contribution in [3.63, 3.8) is 0 Å². The molecule has 0 amide bonds. The van der Waals surface area contributed by atoms with Crippen molar-refractivity contribution in [2.45, 2.75) is 6.10 Å². The zero-order chi connectivity index (χ0) is 15.5. The predicted octanol–water partition coefficient (Wildman–Crippen LogP) is 1.82. The number of ether oxygens (including phenoxy) is 1. The molecule has 8 heteroatoms. The van der Waals surface area contributed by atoms with Gasteiger partial charge in [-0.25, -0.2) is 13.1 Å². The standard InChI is InChI=1S/C13H18Cl2N2O3S/c1-21(18,19)17-8-10-7-16-4-5-20-13(10)9-2-3-11(14)12(15)6-9/h2-3,6,10,13,16-17H,4-5,7-8H2,1H3/t10-,13-/m1/s1. The Balaban J connectivity index is 2.20. The normalized spacial score (nSPS) is 23.8. The smallest absolute Gasteiger partial charge is 0.208 e. The Hall–Kier alpha value is -0.370. The fraction of sp³-hybridized carbons (Fsp3) is 0.538. The number of benzene rings is 1. The molecular weight excluding hydrogens is 335 g/mol. The summed E-state index contributed by atoms with van der Waals surface area (Å²) >= 11 is 12.0. The van der Waals surface area contributed by atoms with Crippen molar-refractivity contribution in [3.05, 3.63) is 33.8 Å². The molecule has 2 atom stereocenters. The zero-order valence-corrected chi connectivity index (χ0v) is 13.9. The van der Waals surface area contributed by atoms with E-state index in [0.717, 1.165) is 18.4 Å².